The number of ether oxygens (including phenoxy) is 1. The number of carbonyl (C=O) groups is 2. The monoisotopic (exact) mass is 589 g/mol. The number of carboxylic acids is 1. The molecule has 44 heavy (non-hydrogen) atoms. The molecule has 1 amide bonds. The summed E-state index contributed by atoms with van der Waals surface area (Å²) in [4.78, 5) is 26.9. The largest absolute Gasteiger partial charge is 0.487 e. The van der Waals surface area contributed by atoms with E-state index in [1.165, 1.54) is 16.7 Å². The van der Waals surface area contributed by atoms with Crippen molar-refractivity contribution in [2.24, 2.45) is 0 Å². The van der Waals surface area contributed by atoms with Crippen LogP contribution in [0.15, 0.2) is 103 Å². The van der Waals surface area contributed by atoms with Gasteiger partial charge in [-0.15, -0.1) is 0 Å². The fourth-order valence-electron chi connectivity index (χ4n) is 6.23. The van der Waals surface area contributed by atoms with E-state index in [1.54, 1.807) is 4.90 Å². The molecule has 0 bridgehead atoms. The molecule has 1 aliphatic heterocycles. The number of hydrogen-bond acceptors (Lipinski definition) is 3. The van der Waals surface area contributed by atoms with E-state index in [9.17, 15) is 14.7 Å². The maximum atomic E-state index is 13.6. The standard InChI is InChI=1S/C39H43NO4/c1-28(2)31-18-14-30(15-19-31)25-39(3)26-34-24-29(16-20-36(34)44-39)17-21-37(41)40(23-22-38(42)43)27-35(32-10-6-4-7-11-32)33-12-8-5-9-13-33/h4-16,18-20,24,28,35H,17,21-23,25-27H2,1-3H3,(H,42,43)/t39-/m0/s1. The summed E-state index contributed by atoms with van der Waals surface area (Å²) in [5.74, 6) is 0.436. The summed E-state index contributed by atoms with van der Waals surface area (Å²) in [5.41, 5.74) is 6.76. The van der Waals surface area contributed by atoms with Gasteiger partial charge in [0.2, 0.25) is 5.91 Å². The fraction of sp³-hybridized carbons (Fsp3) is 0.333. The summed E-state index contributed by atoms with van der Waals surface area (Å²) in [5, 5.41) is 9.43. The van der Waals surface area contributed by atoms with Crippen LogP contribution >= 0.6 is 0 Å². The van der Waals surface area contributed by atoms with E-state index in [4.69, 9.17) is 4.74 Å². The first-order valence-electron chi connectivity index (χ1n) is 15.7. The van der Waals surface area contributed by atoms with Crippen LogP contribution in [-0.4, -0.2) is 40.6 Å². The Balaban J connectivity index is 1.25. The number of rotatable bonds is 13. The molecule has 0 aromatic heterocycles. The van der Waals surface area contributed by atoms with Gasteiger partial charge in [-0.25, -0.2) is 0 Å². The molecule has 1 heterocycles. The lowest BCUT2D eigenvalue weighted by molar-refractivity contribution is -0.138. The van der Waals surface area contributed by atoms with Gasteiger partial charge in [0.25, 0.3) is 0 Å². The van der Waals surface area contributed by atoms with Crippen LogP contribution in [0.25, 0.3) is 0 Å². The molecule has 1 aliphatic rings. The maximum absolute atomic E-state index is 13.6. The second-order valence-electron chi connectivity index (χ2n) is 12.6. The molecule has 0 radical (unpaired) electrons. The van der Waals surface area contributed by atoms with Crippen molar-refractivity contribution in [2.75, 3.05) is 13.1 Å². The Morgan fingerprint density at radius 1 is 0.818 bits per heavy atom. The number of carboxylic acid groups (broad SMARTS) is 1. The topological polar surface area (TPSA) is 66.8 Å². The highest BCUT2D eigenvalue weighted by Gasteiger charge is 2.35. The molecule has 5 heteroatoms. The lowest BCUT2D eigenvalue weighted by Crippen LogP contribution is -2.37. The Morgan fingerprint density at radius 2 is 1.43 bits per heavy atom. The molecule has 5 rings (SSSR count). The van der Waals surface area contributed by atoms with Gasteiger partial charge in [0, 0.05) is 38.3 Å². The molecule has 5 nitrogen and oxygen atoms in total. The van der Waals surface area contributed by atoms with Crippen molar-refractivity contribution >= 4 is 11.9 Å². The summed E-state index contributed by atoms with van der Waals surface area (Å²) < 4.78 is 6.45. The zero-order valence-corrected chi connectivity index (χ0v) is 26.0. The first-order valence-corrected chi connectivity index (χ1v) is 15.7. The number of benzene rings is 4. The van der Waals surface area contributed by atoms with Gasteiger partial charge < -0.3 is 14.7 Å². The fourth-order valence-corrected chi connectivity index (χ4v) is 6.23. The van der Waals surface area contributed by atoms with E-state index in [-0.39, 0.29) is 30.4 Å². The molecule has 0 saturated carbocycles. The predicted molar refractivity (Wildman–Crippen MR) is 175 cm³/mol. The molecule has 4 aromatic carbocycles. The number of fused-ring (bicyclic) bond motifs is 1. The highest BCUT2D eigenvalue weighted by atomic mass is 16.5. The molecule has 0 unspecified atom stereocenters. The van der Waals surface area contributed by atoms with Gasteiger partial charge in [0.1, 0.15) is 11.4 Å². The highest BCUT2D eigenvalue weighted by Crippen LogP contribution is 2.38. The van der Waals surface area contributed by atoms with Crippen LogP contribution < -0.4 is 4.74 Å². The Morgan fingerprint density at radius 3 is 2.02 bits per heavy atom. The zero-order chi connectivity index (χ0) is 31.1. The summed E-state index contributed by atoms with van der Waals surface area (Å²) in [6.45, 7) is 7.19. The Bertz CT molecular complexity index is 1510. The number of hydrogen-bond donors (Lipinski definition) is 1. The molecule has 1 N–H and O–H groups in total. The maximum Gasteiger partial charge on any atom is 0.305 e. The number of aryl methyl sites for hydroxylation is 1. The molecule has 0 aliphatic carbocycles. The van der Waals surface area contributed by atoms with Gasteiger partial charge in [0.15, 0.2) is 0 Å². The minimum absolute atomic E-state index is 0.0328. The van der Waals surface area contributed by atoms with Crippen LogP contribution in [0.4, 0.5) is 0 Å². The van der Waals surface area contributed by atoms with E-state index in [2.05, 4.69) is 75.4 Å². The van der Waals surface area contributed by atoms with Crippen molar-refractivity contribution in [3.8, 4) is 5.75 Å². The van der Waals surface area contributed by atoms with Crippen LogP contribution in [0.1, 0.15) is 78.8 Å². The van der Waals surface area contributed by atoms with Gasteiger partial charge >= 0.3 is 5.97 Å². The molecular weight excluding hydrogens is 546 g/mol. The van der Waals surface area contributed by atoms with Crippen LogP contribution in [0, 0.1) is 0 Å². The highest BCUT2D eigenvalue weighted by molar-refractivity contribution is 5.77. The average Bonchev–Trinajstić information content (AvgIpc) is 3.35. The van der Waals surface area contributed by atoms with Crippen molar-refractivity contribution < 1.29 is 19.4 Å². The van der Waals surface area contributed by atoms with Crippen LogP contribution in [0.3, 0.4) is 0 Å². The van der Waals surface area contributed by atoms with E-state index < -0.39 is 5.97 Å². The van der Waals surface area contributed by atoms with E-state index >= 15 is 0 Å². The Hall–Kier alpha value is -4.38. The van der Waals surface area contributed by atoms with Gasteiger partial charge in [-0.05, 0) is 58.7 Å². The van der Waals surface area contributed by atoms with Gasteiger partial charge in [-0.1, -0.05) is 111 Å². The Kier molecular flexibility index (Phi) is 9.84. The van der Waals surface area contributed by atoms with Crippen molar-refractivity contribution in [2.45, 2.75) is 70.3 Å². The molecular formula is C39H43NO4. The molecule has 0 fully saturated rings. The van der Waals surface area contributed by atoms with Crippen LogP contribution in [-0.2, 0) is 28.9 Å². The second kappa shape index (κ2) is 13.9. The molecule has 1 atom stereocenters. The summed E-state index contributed by atoms with van der Waals surface area (Å²) >= 11 is 0. The molecule has 4 aromatic rings. The third-order valence-corrected chi connectivity index (χ3v) is 8.65. The Labute approximate surface area is 261 Å². The zero-order valence-electron chi connectivity index (χ0n) is 26.0. The smallest absolute Gasteiger partial charge is 0.305 e. The van der Waals surface area contributed by atoms with Gasteiger partial charge in [-0.3, -0.25) is 9.59 Å². The quantitative estimate of drug-likeness (QED) is 0.173. The number of nitrogens with zero attached hydrogens (tertiary/aromatic N) is 1. The van der Waals surface area contributed by atoms with E-state index in [0.717, 1.165) is 35.3 Å². The first-order chi connectivity index (χ1) is 21.2. The second-order valence-corrected chi connectivity index (χ2v) is 12.6. The van der Waals surface area contributed by atoms with Crippen molar-refractivity contribution in [1.29, 1.82) is 0 Å². The number of carbonyl (C=O) groups excluding carboxylic acids is 1. The van der Waals surface area contributed by atoms with E-state index in [0.29, 0.717) is 25.3 Å². The summed E-state index contributed by atoms with van der Waals surface area (Å²) in [7, 11) is 0. The number of aliphatic carboxylic acids is 1. The molecule has 228 valence electrons. The van der Waals surface area contributed by atoms with Crippen LogP contribution in [0.2, 0.25) is 0 Å². The summed E-state index contributed by atoms with van der Waals surface area (Å²) in [6.07, 6.45) is 2.46. The summed E-state index contributed by atoms with van der Waals surface area (Å²) in [6, 6.07) is 35.3. The third kappa shape index (κ3) is 7.96. The SMILES string of the molecule is CC(C)c1ccc(C[C@@]2(C)Cc3cc(CCC(=O)N(CCC(=O)O)CC(c4ccccc4)c4ccccc4)ccc3O2)cc1. The normalized spacial score (nSPS) is 15.7. The lowest BCUT2D eigenvalue weighted by atomic mass is 9.90. The van der Waals surface area contributed by atoms with Crippen molar-refractivity contribution in [3.63, 3.8) is 0 Å². The minimum atomic E-state index is -0.906. The van der Waals surface area contributed by atoms with Crippen LogP contribution in [0.5, 0.6) is 5.75 Å². The lowest BCUT2D eigenvalue weighted by Gasteiger charge is -2.28. The third-order valence-electron chi connectivity index (χ3n) is 8.65. The molecule has 0 saturated heterocycles. The first kappa shape index (κ1) is 31.1. The van der Waals surface area contributed by atoms with E-state index in [1.807, 2.05) is 48.5 Å². The van der Waals surface area contributed by atoms with Crippen molar-refractivity contribution in [1.82, 2.24) is 4.90 Å². The minimum Gasteiger partial charge on any atom is -0.487 e. The van der Waals surface area contributed by atoms with Gasteiger partial charge in [0.05, 0.1) is 6.42 Å². The predicted octanol–water partition coefficient (Wildman–Crippen LogP) is 7.81. The number of amides is 1. The van der Waals surface area contributed by atoms with Crippen molar-refractivity contribution in [3.05, 3.63) is 137 Å². The van der Waals surface area contributed by atoms with Gasteiger partial charge in [-0.2, -0.15) is 0 Å². The average molecular weight is 590 g/mol. The molecule has 0 spiro atoms.